The Bertz CT molecular complexity index is 515. The van der Waals surface area contributed by atoms with Gasteiger partial charge in [0.05, 0.1) is 6.04 Å². The van der Waals surface area contributed by atoms with Crippen molar-refractivity contribution in [2.24, 2.45) is 0 Å². The Morgan fingerprint density at radius 3 is 3.05 bits per heavy atom. The van der Waals surface area contributed by atoms with Gasteiger partial charge in [-0.05, 0) is 18.1 Å². The monoisotopic (exact) mass is 277 g/mol. The minimum atomic E-state index is -0.202. The van der Waals surface area contributed by atoms with Crippen molar-refractivity contribution in [2.45, 2.75) is 17.4 Å². The third kappa shape index (κ3) is 2.71. The van der Waals surface area contributed by atoms with Crippen molar-refractivity contribution in [1.29, 1.82) is 0 Å². The van der Waals surface area contributed by atoms with E-state index in [0.29, 0.717) is 13.2 Å². The Balaban J connectivity index is 1.74. The van der Waals surface area contributed by atoms with E-state index in [1.807, 2.05) is 23.9 Å². The molecule has 1 atom stereocenters. The zero-order chi connectivity index (χ0) is 13.1. The SMILES string of the molecule is O=C(N[C@H]1CCSc2ccccc21)C1=COCCO1. The number of carbonyl (C=O) groups excluding carboxylic acids is 1. The maximum Gasteiger partial charge on any atom is 0.290 e. The zero-order valence-electron chi connectivity index (χ0n) is 10.4. The summed E-state index contributed by atoms with van der Waals surface area (Å²) in [6, 6.07) is 8.24. The van der Waals surface area contributed by atoms with Crippen LogP contribution in [0.1, 0.15) is 18.0 Å². The second-order valence-electron chi connectivity index (χ2n) is 4.40. The molecule has 0 aliphatic carbocycles. The lowest BCUT2D eigenvalue weighted by molar-refractivity contribution is -0.123. The van der Waals surface area contributed by atoms with Crippen molar-refractivity contribution in [2.75, 3.05) is 19.0 Å². The number of amides is 1. The molecule has 1 aromatic rings. The molecule has 19 heavy (non-hydrogen) atoms. The van der Waals surface area contributed by atoms with Crippen molar-refractivity contribution < 1.29 is 14.3 Å². The lowest BCUT2D eigenvalue weighted by atomic mass is 10.0. The normalized spacial score (nSPS) is 21.5. The van der Waals surface area contributed by atoms with Gasteiger partial charge in [-0.2, -0.15) is 0 Å². The van der Waals surface area contributed by atoms with Crippen LogP contribution >= 0.6 is 11.8 Å². The first-order valence-corrected chi connectivity index (χ1v) is 7.30. The highest BCUT2D eigenvalue weighted by Gasteiger charge is 2.24. The van der Waals surface area contributed by atoms with Crippen LogP contribution in [-0.4, -0.2) is 24.9 Å². The molecule has 1 amide bonds. The second-order valence-corrected chi connectivity index (χ2v) is 5.54. The summed E-state index contributed by atoms with van der Waals surface area (Å²) in [4.78, 5) is 13.3. The fraction of sp³-hybridized carbons (Fsp3) is 0.357. The third-order valence-corrected chi connectivity index (χ3v) is 4.26. The van der Waals surface area contributed by atoms with Gasteiger partial charge in [-0.15, -0.1) is 11.8 Å². The van der Waals surface area contributed by atoms with E-state index in [9.17, 15) is 4.79 Å². The Kier molecular flexibility index (Phi) is 3.64. The maximum atomic E-state index is 12.1. The Hall–Kier alpha value is -1.62. The van der Waals surface area contributed by atoms with Gasteiger partial charge in [0.15, 0.2) is 0 Å². The van der Waals surface area contributed by atoms with E-state index in [2.05, 4.69) is 17.4 Å². The molecular weight excluding hydrogens is 262 g/mol. The van der Waals surface area contributed by atoms with Gasteiger partial charge in [-0.3, -0.25) is 4.79 Å². The lowest BCUT2D eigenvalue weighted by Crippen LogP contribution is -2.33. The molecule has 0 saturated heterocycles. The van der Waals surface area contributed by atoms with Crippen LogP contribution in [0.2, 0.25) is 0 Å². The molecule has 0 spiro atoms. The molecule has 2 aliphatic heterocycles. The van der Waals surface area contributed by atoms with E-state index < -0.39 is 0 Å². The molecule has 0 bridgehead atoms. The highest BCUT2D eigenvalue weighted by atomic mass is 32.2. The number of carbonyl (C=O) groups is 1. The molecule has 1 N–H and O–H groups in total. The fourth-order valence-corrected chi connectivity index (χ4v) is 3.33. The average Bonchev–Trinajstić information content (AvgIpc) is 2.48. The van der Waals surface area contributed by atoms with E-state index in [-0.39, 0.29) is 17.7 Å². The summed E-state index contributed by atoms with van der Waals surface area (Å²) in [5, 5.41) is 3.02. The summed E-state index contributed by atoms with van der Waals surface area (Å²) in [6.45, 7) is 0.927. The fourth-order valence-electron chi connectivity index (χ4n) is 2.21. The summed E-state index contributed by atoms with van der Waals surface area (Å²) >= 11 is 1.83. The van der Waals surface area contributed by atoms with E-state index in [4.69, 9.17) is 9.47 Å². The number of hydrogen-bond acceptors (Lipinski definition) is 4. The van der Waals surface area contributed by atoms with Crippen LogP contribution in [0.15, 0.2) is 41.2 Å². The Morgan fingerprint density at radius 2 is 2.21 bits per heavy atom. The highest BCUT2D eigenvalue weighted by molar-refractivity contribution is 7.99. The summed E-state index contributed by atoms with van der Waals surface area (Å²) in [5.74, 6) is 1.08. The molecule has 3 rings (SSSR count). The number of fused-ring (bicyclic) bond motifs is 1. The predicted octanol–water partition coefficient (Wildman–Crippen LogP) is 2.23. The van der Waals surface area contributed by atoms with Crippen LogP contribution in [0, 0.1) is 0 Å². The summed E-state index contributed by atoms with van der Waals surface area (Å²) in [7, 11) is 0. The van der Waals surface area contributed by atoms with Crippen molar-refractivity contribution in [3.05, 3.63) is 41.9 Å². The van der Waals surface area contributed by atoms with E-state index >= 15 is 0 Å². The number of hydrogen-bond donors (Lipinski definition) is 1. The van der Waals surface area contributed by atoms with Gasteiger partial charge in [0, 0.05) is 10.6 Å². The van der Waals surface area contributed by atoms with Gasteiger partial charge in [0.1, 0.15) is 19.5 Å². The van der Waals surface area contributed by atoms with Gasteiger partial charge in [0.2, 0.25) is 5.76 Å². The van der Waals surface area contributed by atoms with Crippen molar-refractivity contribution >= 4 is 17.7 Å². The number of thioether (sulfide) groups is 1. The zero-order valence-corrected chi connectivity index (χ0v) is 11.2. The average molecular weight is 277 g/mol. The molecule has 0 fully saturated rings. The standard InChI is InChI=1S/C14H15NO3S/c16-14(12-9-17-6-7-18-12)15-11-5-8-19-13-4-2-1-3-10(11)13/h1-4,9,11H,5-8H2,(H,15,16)/t11-/m0/s1. The Morgan fingerprint density at radius 1 is 1.32 bits per heavy atom. The molecule has 100 valence electrons. The van der Waals surface area contributed by atoms with Gasteiger partial charge < -0.3 is 14.8 Å². The molecule has 5 heteroatoms. The molecular formula is C14H15NO3S. The van der Waals surface area contributed by atoms with Crippen molar-refractivity contribution in [3.63, 3.8) is 0 Å². The largest absolute Gasteiger partial charge is 0.494 e. The first-order valence-electron chi connectivity index (χ1n) is 6.32. The predicted molar refractivity (Wildman–Crippen MR) is 72.7 cm³/mol. The molecule has 0 saturated carbocycles. The van der Waals surface area contributed by atoms with E-state index in [1.165, 1.54) is 16.7 Å². The van der Waals surface area contributed by atoms with Gasteiger partial charge in [-0.1, -0.05) is 18.2 Å². The van der Waals surface area contributed by atoms with Crippen LogP contribution in [0.3, 0.4) is 0 Å². The van der Waals surface area contributed by atoms with Crippen LogP contribution in [0.4, 0.5) is 0 Å². The van der Waals surface area contributed by atoms with E-state index in [0.717, 1.165) is 12.2 Å². The molecule has 0 aromatic heterocycles. The van der Waals surface area contributed by atoms with Crippen LogP contribution in [0.5, 0.6) is 0 Å². The number of rotatable bonds is 2. The van der Waals surface area contributed by atoms with Gasteiger partial charge in [-0.25, -0.2) is 0 Å². The third-order valence-electron chi connectivity index (χ3n) is 3.14. The molecule has 1 aromatic carbocycles. The molecule has 0 radical (unpaired) electrons. The number of benzene rings is 1. The first-order chi connectivity index (χ1) is 9.34. The highest BCUT2D eigenvalue weighted by Crippen LogP contribution is 2.35. The van der Waals surface area contributed by atoms with Gasteiger partial charge >= 0.3 is 0 Å². The molecule has 2 aliphatic rings. The number of nitrogens with one attached hydrogen (secondary N) is 1. The summed E-state index contributed by atoms with van der Waals surface area (Å²) in [5.41, 5.74) is 1.18. The maximum absolute atomic E-state index is 12.1. The Labute approximate surface area is 116 Å². The van der Waals surface area contributed by atoms with Crippen LogP contribution in [0.25, 0.3) is 0 Å². The smallest absolute Gasteiger partial charge is 0.290 e. The summed E-state index contributed by atoms with van der Waals surface area (Å²) < 4.78 is 10.4. The molecule has 2 heterocycles. The quantitative estimate of drug-likeness (QED) is 0.900. The van der Waals surface area contributed by atoms with Crippen molar-refractivity contribution in [1.82, 2.24) is 5.32 Å². The summed E-state index contributed by atoms with van der Waals surface area (Å²) in [6.07, 6.45) is 2.32. The topological polar surface area (TPSA) is 47.6 Å². The second kappa shape index (κ2) is 5.57. The first kappa shape index (κ1) is 12.4. The minimum Gasteiger partial charge on any atom is -0.494 e. The lowest BCUT2D eigenvalue weighted by Gasteiger charge is -2.26. The van der Waals surface area contributed by atoms with E-state index in [1.54, 1.807) is 0 Å². The minimum absolute atomic E-state index is 0.0522. The van der Waals surface area contributed by atoms with Crippen LogP contribution < -0.4 is 5.32 Å². The van der Waals surface area contributed by atoms with Gasteiger partial charge in [0.25, 0.3) is 5.91 Å². The molecule has 0 unspecified atom stereocenters. The van der Waals surface area contributed by atoms with Crippen LogP contribution in [-0.2, 0) is 14.3 Å². The molecule has 4 nitrogen and oxygen atoms in total. The number of ether oxygens (including phenoxy) is 2. The van der Waals surface area contributed by atoms with Crippen molar-refractivity contribution in [3.8, 4) is 0 Å².